The number of pyridine rings is 1. The Morgan fingerprint density at radius 3 is 2.69 bits per heavy atom. The summed E-state index contributed by atoms with van der Waals surface area (Å²) in [6, 6.07) is 3.06. The summed E-state index contributed by atoms with van der Waals surface area (Å²) in [4.78, 5) is 25.4. The van der Waals surface area contributed by atoms with E-state index in [0.717, 1.165) is 12.0 Å². The Morgan fingerprint density at radius 1 is 1.44 bits per heavy atom. The molecule has 0 atom stereocenters. The van der Waals surface area contributed by atoms with Crippen molar-refractivity contribution in [2.45, 2.75) is 26.3 Å². The van der Waals surface area contributed by atoms with Gasteiger partial charge in [-0.25, -0.2) is 9.78 Å². The fourth-order valence-corrected chi connectivity index (χ4v) is 1.17. The summed E-state index contributed by atoms with van der Waals surface area (Å²) in [6.07, 6.45) is 2.76. The third-order valence-corrected chi connectivity index (χ3v) is 2.01. The zero-order valence-electron chi connectivity index (χ0n) is 9.06. The molecule has 0 radical (unpaired) electrons. The first-order valence-corrected chi connectivity index (χ1v) is 5.08. The van der Waals surface area contributed by atoms with Crippen molar-refractivity contribution >= 4 is 11.9 Å². The van der Waals surface area contributed by atoms with Gasteiger partial charge in [-0.3, -0.25) is 4.79 Å². The summed E-state index contributed by atoms with van der Waals surface area (Å²) in [5.41, 5.74) is 0.790. The molecule has 0 fully saturated rings. The number of carboxylic acids is 1. The lowest BCUT2D eigenvalue weighted by Gasteiger charge is -2.04. The van der Waals surface area contributed by atoms with E-state index >= 15 is 0 Å². The van der Waals surface area contributed by atoms with Crippen LogP contribution in [0.3, 0.4) is 0 Å². The summed E-state index contributed by atoms with van der Waals surface area (Å²) < 4.78 is 0. The maximum Gasteiger partial charge on any atom is 0.354 e. The largest absolute Gasteiger partial charge is 0.477 e. The number of carboxylic acid groups (broad SMARTS) is 1. The molecule has 1 heterocycles. The number of nitrogens with one attached hydrogen (secondary N) is 1. The average Bonchev–Trinajstić information content (AvgIpc) is 2.27. The van der Waals surface area contributed by atoms with Crippen LogP contribution in [0.15, 0.2) is 18.3 Å². The molecule has 0 aliphatic heterocycles. The highest BCUT2D eigenvalue weighted by Gasteiger charge is 2.04. The molecule has 0 saturated heterocycles. The Morgan fingerprint density at radius 2 is 2.19 bits per heavy atom. The molecule has 0 aliphatic carbocycles. The van der Waals surface area contributed by atoms with E-state index in [-0.39, 0.29) is 11.6 Å². The molecule has 0 spiro atoms. The van der Waals surface area contributed by atoms with Gasteiger partial charge in [0.05, 0.1) is 0 Å². The predicted molar refractivity (Wildman–Crippen MR) is 58.0 cm³/mol. The van der Waals surface area contributed by atoms with Gasteiger partial charge < -0.3 is 10.4 Å². The number of carbonyl (C=O) groups excluding carboxylic acids is 1. The van der Waals surface area contributed by atoms with E-state index in [1.165, 1.54) is 12.3 Å². The Labute approximate surface area is 93.5 Å². The van der Waals surface area contributed by atoms with Crippen LogP contribution in [0.2, 0.25) is 0 Å². The van der Waals surface area contributed by atoms with E-state index in [2.05, 4.69) is 10.3 Å². The Hall–Kier alpha value is -1.91. The van der Waals surface area contributed by atoms with E-state index in [1.807, 2.05) is 6.92 Å². The van der Waals surface area contributed by atoms with E-state index in [4.69, 9.17) is 5.11 Å². The number of nitrogens with zero attached hydrogens (tertiary/aromatic N) is 1. The lowest BCUT2D eigenvalue weighted by Crippen LogP contribution is -2.22. The van der Waals surface area contributed by atoms with Gasteiger partial charge >= 0.3 is 5.97 Å². The second-order valence-electron chi connectivity index (χ2n) is 3.38. The van der Waals surface area contributed by atoms with Crippen LogP contribution in [-0.4, -0.2) is 22.0 Å². The van der Waals surface area contributed by atoms with Crippen molar-refractivity contribution < 1.29 is 14.7 Å². The summed E-state index contributed by atoms with van der Waals surface area (Å²) in [5.74, 6) is -1.06. The zero-order chi connectivity index (χ0) is 12.0. The third kappa shape index (κ3) is 3.68. The van der Waals surface area contributed by atoms with Crippen LogP contribution in [0.4, 0.5) is 0 Å². The van der Waals surface area contributed by atoms with Crippen LogP contribution in [0.1, 0.15) is 35.8 Å². The zero-order valence-corrected chi connectivity index (χ0v) is 9.06. The summed E-state index contributed by atoms with van der Waals surface area (Å²) in [7, 11) is 0. The highest BCUT2D eigenvalue weighted by Crippen LogP contribution is 2.00. The highest BCUT2D eigenvalue weighted by molar-refractivity contribution is 5.85. The van der Waals surface area contributed by atoms with Crippen LogP contribution in [0.5, 0.6) is 0 Å². The van der Waals surface area contributed by atoms with Gasteiger partial charge in [0.1, 0.15) is 5.69 Å². The van der Waals surface area contributed by atoms with Crippen molar-refractivity contribution in [1.29, 1.82) is 0 Å². The molecular weight excluding hydrogens is 208 g/mol. The van der Waals surface area contributed by atoms with Crippen LogP contribution in [0.25, 0.3) is 0 Å². The van der Waals surface area contributed by atoms with Crippen molar-refractivity contribution in [1.82, 2.24) is 10.3 Å². The summed E-state index contributed by atoms with van der Waals surface area (Å²) >= 11 is 0. The number of aromatic carboxylic acids is 1. The third-order valence-electron chi connectivity index (χ3n) is 2.01. The molecule has 1 aromatic rings. The van der Waals surface area contributed by atoms with Crippen molar-refractivity contribution in [3.05, 3.63) is 29.6 Å². The van der Waals surface area contributed by atoms with Crippen molar-refractivity contribution in [3.8, 4) is 0 Å². The molecule has 0 unspecified atom stereocenters. The molecule has 1 amide bonds. The van der Waals surface area contributed by atoms with Gasteiger partial charge in [0, 0.05) is 19.2 Å². The van der Waals surface area contributed by atoms with Crippen molar-refractivity contribution in [2.75, 3.05) is 0 Å². The van der Waals surface area contributed by atoms with Crippen LogP contribution >= 0.6 is 0 Å². The second-order valence-corrected chi connectivity index (χ2v) is 3.38. The van der Waals surface area contributed by atoms with Crippen molar-refractivity contribution in [3.63, 3.8) is 0 Å². The van der Waals surface area contributed by atoms with Gasteiger partial charge in [-0.1, -0.05) is 13.0 Å². The first-order valence-electron chi connectivity index (χ1n) is 5.08. The highest BCUT2D eigenvalue weighted by atomic mass is 16.4. The van der Waals surface area contributed by atoms with Gasteiger partial charge in [0.25, 0.3) is 0 Å². The van der Waals surface area contributed by atoms with Crippen LogP contribution < -0.4 is 5.32 Å². The minimum Gasteiger partial charge on any atom is -0.477 e. The number of amides is 1. The Kier molecular flexibility index (Phi) is 4.44. The minimum atomic E-state index is -1.05. The van der Waals surface area contributed by atoms with Crippen molar-refractivity contribution in [2.24, 2.45) is 0 Å². The quantitative estimate of drug-likeness (QED) is 0.784. The smallest absolute Gasteiger partial charge is 0.354 e. The lowest BCUT2D eigenvalue weighted by molar-refractivity contribution is -0.121. The predicted octanol–water partition coefficient (Wildman–Crippen LogP) is 1.20. The Bertz CT molecular complexity index is 373. The molecule has 2 N–H and O–H groups in total. The van der Waals surface area contributed by atoms with Crippen LogP contribution in [-0.2, 0) is 11.3 Å². The number of rotatable bonds is 5. The number of carbonyl (C=O) groups is 2. The second kappa shape index (κ2) is 5.85. The first kappa shape index (κ1) is 12.2. The van der Waals surface area contributed by atoms with Gasteiger partial charge in [-0.15, -0.1) is 0 Å². The van der Waals surface area contributed by atoms with Gasteiger partial charge in [-0.05, 0) is 18.1 Å². The lowest BCUT2D eigenvalue weighted by atomic mass is 10.2. The van der Waals surface area contributed by atoms with Crippen LogP contribution in [0, 0.1) is 0 Å². The standard InChI is InChI=1S/C11H14N2O3/c1-2-3-10(14)13-7-8-4-5-9(11(15)16)12-6-8/h4-6H,2-3,7H2,1H3,(H,13,14)(H,15,16). The molecule has 0 saturated carbocycles. The van der Waals surface area contributed by atoms with Gasteiger partial charge in [0.15, 0.2) is 0 Å². The molecule has 0 bridgehead atoms. The number of hydrogen-bond acceptors (Lipinski definition) is 3. The van der Waals surface area contributed by atoms with E-state index in [9.17, 15) is 9.59 Å². The molecule has 86 valence electrons. The molecule has 1 aromatic heterocycles. The van der Waals surface area contributed by atoms with E-state index in [1.54, 1.807) is 6.07 Å². The number of hydrogen-bond donors (Lipinski definition) is 2. The van der Waals surface area contributed by atoms with Gasteiger partial charge in [-0.2, -0.15) is 0 Å². The first-order chi connectivity index (χ1) is 7.63. The SMILES string of the molecule is CCCC(=O)NCc1ccc(C(=O)O)nc1. The summed E-state index contributed by atoms with van der Waals surface area (Å²) in [6.45, 7) is 2.31. The minimum absolute atomic E-state index is 0.00337. The monoisotopic (exact) mass is 222 g/mol. The van der Waals surface area contributed by atoms with E-state index < -0.39 is 5.97 Å². The molecule has 0 aromatic carbocycles. The Balaban J connectivity index is 2.49. The van der Waals surface area contributed by atoms with Gasteiger partial charge in [0.2, 0.25) is 5.91 Å². The number of aromatic nitrogens is 1. The molecular formula is C11H14N2O3. The maximum absolute atomic E-state index is 11.2. The van der Waals surface area contributed by atoms with E-state index in [0.29, 0.717) is 13.0 Å². The summed E-state index contributed by atoms with van der Waals surface area (Å²) in [5, 5.41) is 11.4. The molecule has 5 heteroatoms. The molecule has 5 nitrogen and oxygen atoms in total. The normalized spacial score (nSPS) is 9.81. The average molecular weight is 222 g/mol. The maximum atomic E-state index is 11.2. The topological polar surface area (TPSA) is 79.3 Å². The molecule has 1 rings (SSSR count). The molecule has 16 heavy (non-hydrogen) atoms. The fraction of sp³-hybridized carbons (Fsp3) is 0.364. The fourth-order valence-electron chi connectivity index (χ4n) is 1.17. The molecule has 0 aliphatic rings.